The van der Waals surface area contributed by atoms with Crippen LogP contribution in [0, 0.1) is 0 Å². The molecule has 0 aromatic carbocycles. The highest BCUT2D eigenvalue weighted by Crippen LogP contribution is 1.89. The van der Waals surface area contributed by atoms with Crippen LogP contribution in [-0.2, 0) is 14.3 Å². The van der Waals surface area contributed by atoms with Gasteiger partial charge in [-0.2, -0.15) is 0 Å². The number of nitrogens with one attached hydrogen (secondary N) is 1. The molecule has 0 bridgehead atoms. The van der Waals surface area contributed by atoms with Crippen LogP contribution in [0.2, 0.25) is 0 Å². The maximum atomic E-state index is 11.1. The van der Waals surface area contributed by atoms with Crippen LogP contribution in [-0.4, -0.2) is 51.1 Å². The topological polar surface area (TPSA) is 58.6 Å². The molecule has 0 fully saturated rings. The second-order valence-electron chi connectivity index (χ2n) is 3.27. The van der Waals surface area contributed by atoms with Gasteiger partial charge in [0.15, 0.2) is 0 Å². The molecule has 0 radical (unpaired) electrons. The molecule has 0 spiro atoms. The zero-order valence-corrected chi connectivity index (χ0v) is 9.00. The van der Waals surface area contributed by atoms with Crippen molar-refractivity contribution in [2.45, 2.75) is 12.8 Å². The lowest BCUT2D eigenvalue weighted by Gasteiger charge is -2.09. The summed E-state index contributed by atoms with van der Waals surface area (Å²) in [5, 5.41) is 2.71. The van der Waals surface area contributed by atoms with Crippen molar-refractivity contribution in [3.63, 3.8) is 0 Å². The van der Waals surface area contributed by atoms with Crippen LogP contribution in [0.3, 0.4) is 0 Å². The van der Waals surface area contributed by atoms with Gasteiger partial charge in [-0.25, -0.2) is 0 Å². The maximum absolute atomic E-state index is 11.1. The first-order chi connectivity index (χ1) is 6.56. The Morgan fingerprint density at radius 1 is 1.36 bits per heavy atom. The van der Waals surface area contributed by atoms with Crippen LogP contribution in [0.4, 0.5) is 0 Å². The lowest BCUT2D eigenvalue weighted by atomic mass is 10.3. The van der Waals surface area contributed by atoms with Gasteiger partial charge in [-0.05, 0) is 20.5 Å². The van der Waals surface area contributed by atoms with Crippen molar-refractivity contribution in [2.75, 3.05) is 34.3 Å². The number of methoxy groups -OCH3 is 1. The first-order valence-corrected chi connectivity index (χ1v) is 4.54. The first-order valence-electron chi connectivity index (χ1n) is 4.54. The largest absolute Gasteiger partial charge is 0.469 e. The molecule has 0 aromatic heterocycles. The summed E-state index contributed by atoms with van der Waals surface area (Å²) < 4.78 is 4.46. The monoisotopic (exact) mass is 202 g/mol. The zero-order chi connectivity index (χ0) is 11.0. The first kappa shape index (κ1) is 12.9. The van der Waals surface area contributed by atoms with Crippen molar-refractivity contribution in [1.29, 1.82) is 0 Å². The van der Waals surface area contributed by atoms with Gasteiger partial charge in [0.2, 0.25) is 5.91 Å². The van der Waals surface area contributed by atoms with Crippen LogP contribution in [0.5, 0.6) is 0 Å². The number of esters is 1. The Labute approximate surface area is 84.4 Å². The van der Waals surface area contributed by atoms with Crippen molar-refractivity contribution in [3.05, 3.63) is 0 Å². The third kappa shape index (κ3) is 7.54. The summed E-state index contributed by atoms with van der Waals surface area (Å²) in [4.78, 5) is 23.6. The molecule has 1 amide bonds. The van der Waals surface area contributed by atoms with E-state index >= 15 is 0 Å². The predicted octanol–water partition coefficient (Wildman–Crippen LogP) is -0.383. The average Bonchev–Trinajstić information content (AvgIpc) is 2.10. The SMILES string of the molecule is COC(=O)CCCNC(=O)CN(C)C. The third-order valence-corrected chi connectivity index (χ3v) is 1.57. The summed E-state index contributed by atoms with van der Waals surface area (Å²) in [5.74, 6) is -0.272. The minimum Gasteiger partial charge on any atom is -0.469 e. The molecule has 0 aromatic rings. The number of carbonyl (C=O) groups excluding carboxylic acids is 2. The van der Waals surface area contributed by atoms with Gasteiger partial charge in [0.1, 0.15) is 0 Å². The van der Waals surface area contributed by atoms with E-state index in [-0.39, 0.29) is 11.9 Å². The zero-order valence-electron chi connectivity index (χ0n) is 9.00. The summed E-state index contributed by atoms with van der Waals surface area (Å²) in [6.45, 7) is 0.889. The molecular formula is C9H18N2O3. The van der Waals surface area contributed by atoms with Gasteiger partial charge < -0.3 is 15.0 Å². The van der Waals surface area contributed by atoms with E-state index < -0.39 is 0 Å². The Bertz CT molecular complexity index is 192. The summed E-state index contributed by atoms with van der Waals surface area (Å²) in [6, 6.07) is 0. The summed E-state index contributed by atoms with van der Waals surface area (Å²) >= 11 is 0. The van der Waals surface area contributed by atoms with Gasteiger partial charge in [0.25, 0.3) is 0 Å². The molecule has 0 aliphatic carbocycles. The number of amides is 1. The van der Waals surface area contributed by atoms with Crippen molar-refractivity contribution < 1.29 is 14.3 Å². The second kappa shape index (κ2) is 7.32. The van der Waals surface area contributed by atoms with Gasteiger partial charge >= 0.3 is 5.97 Å². The molecule has 0 saturated carbocycles. The van der Waals surface area contributed by atoms with E-state index in [2.05, 4.69) is 10.1 Å². The average molecular weight is 202 g/mol. The predicted molar refractivity (Wildman–Crippen MR) is 52.8 cm³/mol. The molecule has 0 heterocycles. The molecule has 0 aliphatic heterocycles. The van der Waals surface area contributed by atoms with E-state index in [1.165, 1.54) is 7.11 Å². The number of carbonyl (C=O) groups is 2. The quantitative estimate of drug-likeness (QED) is 0.471. The highest BCUT2D eigenvalue weighted by atomic mass is 16.5. The molecule has 0 unspecified atom stereocenters. The highest BCUT2D eigenvalue weighted by molar-refractivity contribution is 5.78. The summed E-state index contributed by atoms with van der Waals surface area (Å²) in [7, 11) is 5.01. The third-order valence-electron chi connectivity index (χ3n) is 1.57. The van der Waals surface area contributed by atoms with Crippen LogP contribution in [0.25, 0.3) is 0 Å². The Hall–Kier alpha value is -1.10. The molecule has 0 atom stereocenters. The number of hydrogen-bond acceptors (Lipinski definition) is 4. The fourth-order valence-corrected chi connectivity index (χ4v) is 0.906. The van der Waals surface area contributed by atoms with Crippen molar-refractivity contribution in [3.8, 4) is 0 Å². The highest BCUT2D eigenvalue weighted by Gasteiger charge is 2.03. The lowest BCUT2D eigenvalue weighted by Crippen LogP contribution is -2.33. The standard InChI is InChI=1S/C9H18N2O3/c1-11(2)7-8(12)10-6-4-5-9(13)14-3/h4-7H2,1-3H3,(H,10,12). The molecule has 0 saturated heterocycles. The summed E-state index contributed by atoms with van der Waals surface area (Å²) in [5.41, 5.74) is 0. The van der Waals surface area contributed by atoms with E-state index in [1.54, 1.807) is 4.90 Å². The minimum atomic E-state index is -0.244. The molecule has 82 valence electrons. The molecule has 0 rings (SSSR count). The Balaban J connectivity index is 3.36. The molecule has 5 nitrogen and oxygen atoms in total. The number of hydrogen-bond donors (Lipinski definition) is 1. The van der Waals surface area contributed by atoms with Crippen LogP contribution < -0.4 is 5.32 Å². The normalized spacial score (nSPS) is 10.0. The molecule has 0 aliphatic rings. The van der Waals surface area contributed by atoms with Crippen LogP contribution >= 0.6 is 0 Å². The van der Waals surface area contributed by atoms with Crippen LogP contribution in [0.1, 0.15) is 12.8 Å². The Morgan fingerprint density at radius 3 is 2.50 bits per heavy atom. The van der Waals surface area contributed by atoms with Gasteiger partial charge in [-0.3, -0.25) is 9.59 Å². The number of rotatable bonds is 6. The fourth-order valence-electron chi connectivity index (χ4n) is 0.906. The Morgan fingerprint density at radius 2 is 2.00 bits per heavy atom. The second-order valence-corrected chi connectivity index (χ2v) is 3.27. The van der Waals surface area contributed by atoms with Crippen molar-refractivity contribution in [1.82, 2.24) is 10.2 Å². The summed E-state index contributed by atoms with van der Waals surface area (Å²) in [6.07, 6.45) is 0.963. The maximum Gasteiger partial charge on any atom is 0.305 e. The van der Waals surface area contributed by atoms with E-state index in [0.29, 0.717) is 25.9 Å². The molecule has 1 N–H and O–H groups in total. The van der Waals surface area contributed by atoms with Gasteiger partial charge in [0, 0.05) is 13.0 Å². The van der Waals surface area contributed by atoms with E-state index in [0.717, 1.165) is 0 Å². The van der Waals surface area contributed by atoms with E-state index in [9.17, 15) is 9.59 Å². The minimum absolute atomic E-state index is 0.0279. The number of likely N-dealkylation sites (N-methyl/N-ethyl adjacent to an activating group) is 1. The lowest BCUT2D eigenvalue weighted by molar-refractivity contribution is -0.140. The van der Waals surface area contributed by atoms with Crippen molar-refractivity contribution >= 4 is 11.9 Å². The molecule has 14 heavy (non-hydrogen) atoms. The Kier molecular flexibility index (Phi) is 6.74. The number of nitrogens with zero attached hydrogens (tertiary/aromatic N) is 1. The molecule has 5 heteroatoms. The van der Waals surface area contributed by atoms with Gasteiger partial charge in [0.05, 0.1) is 13.7 Å². The van der Waals surface area contributed by atoms with Gasteiger partial charge in [-0.15, -0.1) is 0 Å². The number of ether oxygens (including phenoxy) is 1. The van der Waals surface area contributed by atoms with Gasteiger partial charge in [-0.1, -0.05) is 0 Å². The smallest absolute Gasteiger partial charge is 0.305 e. The van der Waals surface area contributed by atoms with Crippen molar-refractivity contribution in [2.24, 2.45) is 0 Å². The van der Waals surface area contributed by atoms with E-state index in [1.807, 2.05) is 14.1 Å². The van der Waals surface area contributed by atoms with E-state index in [4.69, 9.17) is 0 Å². The molecular weight excluding hydrogens is 184 g/mol. The van der Waals surface area contributed by atoms with Crippen LogP contribution in [0.15, 0.2) is 0 Å². The fraction of sp³-hybridized carbons (Fsp3) is 0.778.